The topological polar surface area (TPSA) is 159 Å². The third-order valence-corrected chi connectivity index (χ3v) is 8.12. The molecule has 2 saturated heterocycles. The van der Waals surface area contributed by atoms with Crippen LogP contribution in [-0.2, 0) is 35.1 Å². The molecule has 4 rings (SSSR count). The molecular formula is C31H44N4O8. The van der Waals surface area contributed by atoms with E-state index in [0.717, 1.165) is 36.8 Å². The van der Waals surface area contributed by atoms with Crippen LogP contribution in [0.4, 0.5) is 0 Å². The van der Waals surface area contributed by atoms with Gasteiger partial charge in [-0.2, -0.15) is 0 Å². The Balaban J connectivity index is 1.47. The molecule has 0 radical (unpaired) electrons. The summed E-state index contributed by atoms with van der Waals surface area (Å²) >= 11 is 0. The number of allylic oxidation sites excluding steroid dienone is 1. The predicted octanol–water partition coefficient (Wildman–Crippen LogP) is 0.265. The first-order chi connectivity index (χ1) is 20.7. The lowest BCUT2D eigenvalue weighted by atomic mass is 9.89. The number of rotatable bonds is 15. The summed E-state index contributed by atoms with van der Waals surface area (Å²) in [5.74, 6) is -1.23. The zero-order valence-corrected chi connectivity index (χ0v) is 25.1. The number of hydrogen-bond acceptors (Lipinski definition) is 9. The summed E-state index contributed by atoms with van der Waals surface area (Å²) in [6.07, 6.45) is 6.56. The number of methoxy groups -OCH3 is 1. The molecule has 43 heavy (non-hydrogen) atoms. The molecule has 1 aromatic carbocycles. The second-order valence-electron chi connectivity index (χ2n) is 11.6. The van der Waals surface area contributed by atoms with Crippen LogP contribution in [0, 0.1) is 0 Å². The summed E-state index contributed by atoms with van der Waals surface area (Å²) < 4.78 is 15.9. The summed E-state index contributed by atoms with van der Waals surface area (Å²) in [6.45, 7) is 3.64. The minimum atomic E-state index is -1.26. The minimum Gasteiger partial charge on any atom is -0.497 e. The van der Waals surface area contributed by atoms with Gasteiger partial charge in [-0.1, -0.05) is 23.8 Å². The number of benzene rings is 1. The molecule has 3 aliphatic rings. The highest BCUT2D eigenvalue weighted by Gasteiger charge is 2.50. The predicted molar refractivity (Wildman–Crippen MR) is 157 cm³/mol. The van der Waals surface area contributed by atoms with E-state index in [9.17, 15) is 24.3 Å². The first-order valence-electron chi connectivity index (χ1n) is 15.0. The van der Waals surface area contributed by atoms with E-state index in [1.165, 1.54) is 0 Å². The minimum absolute atomic E-state index is 0.0589. The number of nitrogens with zero attached hydrogens (tertiary/aromatic N) is 1. The third kappa shape index (κ3) is 9.59. The molecule has 2 aliphatic heterocycles. The number of aliphatic hydroxyl groups is 1. The summed E-state index contributed by atoms with van der Waals surface area (Å²) in [7, 11) is 1.55. The summed E-state index contributed by atoms with van der Waals surface area (Å²) in [5.41, 5.74) is 0.927. The Morgan fingerprint density at radius 1 is 0.977 bits per heavy atom. The van der Waals surface area contributed by atoms with E-state index in [2.05, 4.69) is 22.0 Å². The Hall–Kier alpha value is -3.32. The number of morpholine rings is 1. The van der Waals surface area contributed by atoms with Crippen molar-refractivity contribution in [3.05, 3.63) is 41.5 Å². The second-order valence-corrected chi connectivity index (χ2v) is 11.6. The van der Waals surface area contributed by atoms with Gasteiger partial charge in [0.15, 0.2) is 5.78 Å². The molecule has 0 unspecified atom stereocenters. The molecule has 12 heteroatoms. The number of carbonyl (C=O) groups is 4. The van der Waals surface area contributed by atoms with Gasteiger partial charge in [-0.3, -0.25) is 24.1 Å². The van der Waals surface area contributed by atoms with E-state index in [1.54, 1.807) is 38.3 Å². The van der Waals surface area contributed by atoms with E-state index < -0.39 is 48.1 Å². The van der Waals surface area contributed by atoms with E-state index >= 15 is 0 Å². The van der Waals surface area contributed by atoms with Gasteiger partial charge in [0.25, 0.3) is 0 Å². The Kier molecular flexibility index (Phi) is 11.7. The van der Waals surface area contributed by atoms with Gasteiger partial charge >= 0.3 is 0 Å². The van der Waals surface area contributed by atoms with E-state index in [4.69, 9.17) is 14.2 Å². The van der Waals surface area contributed by atoms with Crippen LogP contribution in [0.2, 0.25) is 0 Å². The molecule has 236 valence electrons. The average Bonchev–Trinajstić information content (AvgIpc) is 3.78. The zero-order chi connectivity index (χ0) is 30.8. The van der Waals surface area contributed by atoms with Crippen LogP contribution >= 0.6 is 0 Å². The van der Waals surface area contributed by atoms with E-state index in [-0.39, 0.29) is 18.7 Å². The highest BCUT2D eigenvalue weighted by Crippen LogP contribution is 2.31. The van der Waals surface area contributed by atoms with Gasteiger partial charge in [-0.05, 0) is 56.7 Å². The van der Waals surface area contributed by atoms with Crippen molar-refractivity contribution in [3.8, 4) is 5.75 Å². The Morgan fingerprint density at radius 3 is 2.26 bits per heavy atom. The highest BCUT2D eigenvalue weighted by molar-refractivity contribution is 5.98. The van der Waals surface area contributed by atoms with Crippen LogP contribution in [0.15, 0.2) is 35.9 Å². The number of Topliss-reactive ketones (excluding diaryl/α,β-unsaturated/α-hetero) is 1. The van der Waals surface area contributed by atoms with Crippen molar-refractivity contribution in [2.45, 2.75) is 69.2 Å². The first kappa shape index (κ1) is 32.6. The maximum atomic E-state index is 13.8. The zero-order valence-electron chi connectivity index (χ0n) is 25.1. The van der Waals surface area contributed by atoms with Crippen molar-refractivity contribution in [3.63, 3.8) is 0 Å². The normalized spacial score (nSPS) is 22.3. The van der Waals surface area contributed by atoms with Crippen molar-refractivity contribution in [1.29, 1.82) is 0 Å². The highest BCUT2D eigenvalue weighted by atomic mass is 16.6. The fraction of sp³-hybridized carbons (Fsp3) is 0.613. The van der Waals surface area contributed by atoms with Gasteiger partial charge in [0, 0.05) is 19.5 Å². The molecule has 4 atom stereocenters. The summed E-state index contributed by atoms with van der Waals surface area (Å²) in [6, 6.07) is 3.91. The molecule has 0 aromatic heterocycles. The Bertz CT molecular complexity index is 1160. The molecule has 2 heterocycles. The summed E-state index contributed by atoms with van der Waals surface area (Å²) in [4.78, 5) is 55.0. The van der Waals surface area contributed by atoms with E-state index in [0.29, 0.717) is 45.1 Å². The molecule has 2 fully saturated rings. The monoisotopic (exact) mass is 600 g/mol. The molecule has 1 aromatic rings. The van der Waals surface area contributed by atoms with Crippen LogP contribution in [0.1, 0.15) is 44.6 Å². The molecule has 0 spiro atoms. The van der Waals surface area contributed by atoms with Crippen LogP contribution < -0.4 is 20.7 Å². The second kappa shape index (κ2) is 15.4. The van der Waals surface area contributed by atoms with Crippen LogP contribution in [0.5, 0.6) is 5.75 Å². The number of nitrogens with one attached hydrogen (secondary N) is 3. The van der Waals surface area contributed by atoms with E-state index in [1.807, 2.05) is 4.90 Å². The molecule has 12 nitrogen and oxygen atoms in total. The van der Waals surface area contributed by atoms with Crippen LogP contribution in [-0.4, -0.2) is 110 Å². The number of hydrogen-bond donors (Lipinski definition) is 4. The largest absolute Gasteiger partial charge is 0.497 e. The number of ether oxygens (including phenoxy) is 3. The number of epoxide rings is 1. The van der Waals surface area contributed by atoms with Gasteiger partial charge in [0.2, 0.25) is 17.7 Å². The van der Waals surface area contributed by atoms with Gasteiger partial charge in [0.1, 0.15) is 23.4 Å². The SMILES string of the molecule is COc1ccc(C[C@H](NC(=O)[C@H](CO)NC(=O)CN2CCOCC2)C(=O)N[C@@H](CC2=CCCCC2)C(=O)[C@@]2(C)CO2)cc1. The quantitative estimate of drug-likeness (QED) is 0.164. The molecule has 3 amide bonds. The molecular weight excluding hydrogens is 556 g/mol. The Labute approximate surface area is 252 Å². The van der Waals surface area contributed by atoms with Crippen molar-refractivity contribution >= 4 is 23.5 Å². The number of carbonyl (C=O) groups excluding carboxylic acids is 4. The van der Waals surface area contributed by atoms with Crippen LogP contribution in [0.25, 0.3) is 0 Å². The fourth-order valence-electron chi connectivity index (χ4n) is 5.33. The van der Waals surface area contributed by atoms with Crippen LogP contribution in [0.3, 0.4) is 0 Å². The smallest absolute Gasteiger partial charge is 0.245 e. The number of aliphatic hydroxyl groups excluding tert-OH is 1. The van der Waals surface area contributed by atoms with Gasteiger partial charge in [-0.15, -0.1) is 0 Å². The van der Waals surface area contributed by atoms with Gasteiger partial charge < -0.3 is 35.3 Å². The average molecular weight is 601 g/mol. The summed E-state index contributed by atoms with van der Waals surface area (Å²) in [5, 5.41) is 18.1. The van der Waals surface area contributed by atoms with Crippen molar-refractivity contribution in [1.82, 2.24) is 20.9 Å². The number of ketones is 1. The molecule has 0 bridgehead atoms. The maximum Gasteiger partial charge on any atom is 0.245 e. The van der Waals surface area contributed by atoms with Crippen molar-refractivity contribution in [2.24, 2.45) is 0 Å². The third-order valence-electron chi connectivity index (χ3n) is 8.12. The fourth-order valence-corrected chi connectivity index (χ4v) is 5.33. The lowest BCUT2D eigenvalue weighted by Crippen LogP contribution is -2.58. The maximum absolute atomic E-state index is 13.8. The first-order valence-corrected chi connectivity index (χ1v) is 15.0. The van der Waals surface area contributed by atoms with Gasteiger partial charge in [-0.25, -0.2) is 0 Å². The Morgan fingerprint density at radius 2 is 1.65 bits per heavy atom. The van der Waals surface area contributed by atoms with Crippen molar-refractivity contribution < 1.29 is 38.5 Å². The molecule has 1 aliphatic carbocycles. The molecule has 4 N–H and O–H groups in total. The standard InChI is InChI=1S/C31H44N4O8/c1-31(20-43-31)28(38)24(16-21-6-4-3-5-7-21)33-29(39)25(17-22-8-10-23(41-2)11-9-22)34-30(40)26(19-36)32-27(37)18-35-12-14-42-15-13-35/h6,8-11,24-26,36H,3-5,7,12-20H2,1-2H3,(H,32,37)(H,33,39)(H,34,40)/t24-,25-,26-,31+/m0/s1. The molecule has 0 saturated carbocycles. The number of amides is 3. The van der Waals surface area contributed by atoms with Gasteiger partial charge in [0.05, 0.1) is 46.1 Å². The lowest BCUT2D eigenvalue weighted by molar-refractivity contribution is -0.135. The van der Waals surface area contributed by atoms with Crippen molar-refractivity contribution in [2.75, 3.05) is 53.2 Å². The lowest BCUT2D eigenvalue weighted by Gasteiger charge is -2.28.